The molecule has 0 aliphatic rings. The van der Waals surface area contributed by atoms with Crippen LogP contribution in [0.25, 0.3) is 11.1 Å². The van der Waals surface area contributed by atoms with E-state index in [4.69, 9.17) is 0 Å². The Morgan fingerprint density at radius 3 is 2.40 bits per heavy atom. The van der Waals surface area contributed by atoms with Gasteiger partial charge in [-0.05, 0) is 36.8 Å². The van der Waals surface area contributed by atoms with Gasteiger partial charge in [0.1, 0.15) is 5.82 Å². The summed E-state index contributed by atoms with van der Waals surface area (Å²) in [5.74, 6) is 0.878. The third kappa shape index (κ3) is 3.51. The largest absolute Gasteiger partial charge is 0.372 e. The number of nitrogens with one attached hydrogen (secondary N) is 1. The number of thioether (sulfide) groups is 1. The van der Waals surface area contributed by atoms with Crippen LogP contribution in [-0.2, 0) is 0 Å². The summed E-state index contributed by atoms with van der Waals surface area (Å²) in [4.78, 5) is 8.86. The van der Waals surface area contributed by atoms with Crippen molar-refractivity contribution in [3.8, 4) is 11.1 Å². The topological polar surface area (TPSA) is 37.8 Å². The van der Waals surface area contributed by atoms with Crippen LogP contribution in [0.15, 0.2) is 29.6 Å². The molecule has 1 heterocycles. The number of anilines is 1. The van der Waals surface area contributed by atoms with Crippen LogP contribution in [0, 0.1) is 13.8 Å². The summed E-state index contributed by atoms with van der Waals surface area (Å²) in [6, 6.07) is 6.30. The Morgan fingerprint density at radius 1 is 1.10 bits per heavy atom. The second-order valence-electron chi connectivity index (χ2n) is 4.12. The first-order valence-corrected chi connectivity index (χ1v) is 8.05. The Balaban J connectivity index is 0.000000956. The number of hydrogen-bond acceptors (Lipinski definition) is 4. The molecule has 1 aromatic heterocycles. The van der Waals surface area contributed by atoms with Gasteiger partial charge in [-0.15, -0.1) is 0 Å². The normalized spacial score (nSPS) is 9.70. The van der Waals surface area contributed by atoms with Crippen molar-refractivity contribution in [1.82, 2.24) is 9.97 Å². The zero-order valence-corrected chi connectivity index (χ0v) is 13.9. The average Bonchev–Trinajstić information content (AvgIpc) is 2.51. The predicted octanol–water partition coefficient (Wildman–Crippen LogP) is 4.55. The molecule has 3 nitrogen and oxygen atoms in total. The molecule has 0 saturated carbocycles. The van der Waals surface area contributed by atoms with Gasteiger partial charge in [0.15, 0.2) is 5.16 Å². The van der Waals surface area contributed by atoms with Gasteiger partial charge in [-0.1, -0.05) is 43.8 Å². The summed E-state index contributed by atoms with van der Waals surface area (Å²) in [6.45, 7) is 8.25. The van der Waals surface area contributed by atoms with Crippen LogP contribution in [0.4, 0.5) is 5.82 Å². The maximum atomic E-state index is 4.50. The number of benzene rings is 1. The number of hydrogen-bond donors (Lipinski definition) is 1. The number of rotatable bonds is 3. The first-order chi connectivity index (χ1) is 9.67. The maximum Gasteiger partial charge on any atom is 0.189 e. The fourth-order valence-electron chi connectivity index (χ4n) is 1.89. The highest BCUT2D eigenvalue weighted by molar-refractivity contribution is 7.98. The molecule has 0 fully saturated rings. The van der Waals surface area contributed by atoms with Gasteiger partial charge in [0.05, 0.1) is 0 Å². The van der Waals surface area contributed by atoms with E-state index >= 15 is 0 Å². The first kappa shape index (κ1) is 16.5. The lowest BCUT2D eigenvalue weighted by atomic mass is 9.98. The summed E-state index contributed by atoms with van der Waals surface area (Å²) >= 11 is 1.55. The monoisotopic (exact) mass is 289 g/mol. The van der Waals surface area contributed by atoms with Crippen molar-refractivity contribution >= 4 is 17.6 Å². The minimum absolute atomic E-state index is 0.786. The zero-order chi connectivity index (χ0) is 15.1. The van der Waals surface area contributed by atoms with Gasteiger partial charge in [-0.25, -0.2) is 9.97 Å². The van der Waals surface area contributed by atoms with Gasteiger partial charge in [0, 0.05) is 18.8 Å². The van der Waals surface area contributed by atoms with Gasteiger partial charge in [0.2, 0.25) is 0 Å². The molecule has 0 atom stereocenters. The molecule has 0 aliphatic heterocycles. The fraction of sp³-hybridized carbons (Fsp3) is 0.375. The molecule has 0 unspecified atom stereocenters. The highest BCUT2D eigenvalue weighted by Gasteiger charge is 2.10. The summed E-state index contributed by atoms with van der Waals surface area (Å²) in [6.07, 6.45) is 3.87. The van der Waals surface area contributed by atoms with Gasteiger partial charge in [-0.3, -0.25) is 0 Å². The average molecular weight is 289 g/mol. The Morgan fingerprint density at radius 2 is 1.80 bits per heavy atom. The minimum Gasteiger partial charge on any atom is -0.372 e. The van der Waals surface area contributed by atoms with Gasteiger partial charge in [0.25, 0.3) is 0 Å². The van der Waals surface area contributed by atoms with Crippen LogP contribution in [-0.4, -0.2) is 23.3 Å². The quantitative estimate of drug-likeness (QED) is 0.664. The van der Waals surface area contributed by atoms with Gasteiger partial charge < -0.3 is 5.32 Å². The molecule has 0 saturated heterocycles. The summed E-state index contributed by atoms with van der Waals surface area (Å²) in [7, 11) is 1.89. The van der Waals surface area contributed by atoms with E-state index in [0.717, 1.165) is 16.5 Å². The van der Waals surface area contributed by atoms with Crippen LogP contribution < -0.4 is 5.32 Å². The minimum atomic E-state index is 0.786. The molecule has 20 heavy (non-hydrogen) atoms. The Bertz CT molecular complexity index is 568. The molecular formula is C16H23N3S. The lowest BCUT2D eigenvalue weighted by Gasteiger charge is -2.12. The SMILES string of the molecule is CC.CNc1nc(SC)ncc1-c1cccc(C)c1C. The van der Waals surface area contributed by atoms with E-state index in [2.05, 4.69) is 47.3 Å². The number of aromatic nitrogens is 2. The molecule has 108 valence electrons. The van der Waals surface area contributed by atoms with Crippen molar-refractivity contribution < 1.29 is 0 Å². The molecule has 0 aliphatic carbocycles. The second kappa shape index (κ2) is 7.90. The predicted molar refractivity (Wildman–Crippen MR) is 89.6 cm³/mol. The first-order valence-electron chi connectivity index (χ1n) is 6.82. The van der Waals surface area contributed by atoms with Crippen molar-refractivity contribution in [2.24, 2.45) is 0 Å². The zero-order valence-electron chi connectivity index (χ0n) is 13.1. The smallest absolute Gasteiger partial charge is 0.189 e. The highest BCUT2D eigenvalue weighted by Crippen LogP contribution is 2.30. The van der Waals surface area contributed by atoms with E-state index in [9.17, 15) is 0 Å². The van der Waals surface area contributed by atoms with Gasteiger partial charge >= 0.3 is 0 Å². The van der Waals surface area contributed by atoms with Crippen molar-refractivity contribution in [2.75, 3.05) is 18.6 Å². The molecule has 0 spiro atoms. The third-order valence-corrected chi connectivity index (χ3v) is 3.64. The molecule has 1 aromatic carbocycles. The van der Waals surface area contributed by atoms with Crippen LogP contribution in [0.3, 0.4) is 0 Å². The summed E-state index contributed by atoms with van der Waals surface area (Å²) in [5.41, 5.74) is 4.79. The number of aryl methyl sites for hydroxylation is 1. The van der Waals surface area contributed by atoms with E-state index < -0.39 is 0 Å². The Kier molecular flexibility index (Phi) is 6.52. The molecule has 0 radical (unpaired) electrons. The Labute approximate surface area is 126 Å². The molecular weight excluding hydrogens is 266 g/mol. The van der Waals surface area contributed by atoms with Gasteiger partial charge in [-0.2, -0.15) is 0 Å². The molecule has 0 amide bonds. The van der Waals surface area contributed by atoms with E-state index in [1.165, 1.54) is 16.7 Å². The molecule has 4 heteroatoms. The van der Waals surface area contributed by atoms with E-state index in [1.54, 1.807) is 11.8 Å². The third-order valence-electron chi connectivity index (χ3n) is 3.08. The molecule has 0 bridgehead atoms. The standard InChI is InChI=1S/C14H17N3S.C2H6/c1-9-6-5-7-11(10(9)2)12-8-16-14(18-4)17-13(12)15-3;1-2/h5-8H,1-4H3,(H,15,16,17);1-2H3. The van der Waals surface area contributed by atoms with Crippen LogP contribution in [0.2, 0.25) is 0 Å². The lowest BCUT2D eigenvalue weighted by molar-refractivity contribution is 0.974. The highest BCUT2D eigenvalue weighted by atomic mass is 32.2. The molecule has 1 N–H and O–H groups in total. The van der Waals surface area contributed by atoms with E-state index in [1.807, 2.05) is 33.3 Å². The summed E-state index contributed by atoms with van der Waals surface area (Å²) in [5, 5.41) is 3.94. The maximum absolute atomic E-state index is 4.50. The Hall–Kier alpha value is -1.55. The van der Waals surface area contributed by atoms with Crippen molar-refractivity contribution in [2.45, 2.75) is 32.9 Å². The van der Waals surface area contributed by atoms with E-state index in [0.29, 0.717) is 0 Å². The molecule has 2 rings (SSSR count). The summed E-state index contributed by atoms with van der Waals surface area (Å²) < 4.78 is 0. The lowest BCUT2D eigenvalue weighted by Crippen LogP contribution is -2.00. The van der Waals surface area contributed by atoms with Crippen molar-refractivity contribution in [3.05, 3.63) is 35.5 Å². The van der Waals surface area contributed by atoms with Crippen LogP contribution in [0.5, 0.6) is 0 Å². The van der Waals surface area contributed by atoms with E-state index in [-0.39, 0.29) is 0 Å². The second-order valence-corrected chi connectivity index (χ2v) is 4.89. The van der Waals surface area contributed by atoms with Crippen molar-refractivity contribution in [3.63, 3.8) is 0 Å². The van der Waals surface area contributed by atoms with Crippen LogP contribution in [0.1, 0.15) is 25.0 Å². The van der Waals surface area contributed by atoms with Crippen molar-refractivity contribution in [1.29, 1.82) is 0 Å². The van der Waals surface area contributed by atoms with Crippen LogP contribution >= 0.6 is 11.8 Å². The fourth-order valence-corrected chi connectivity index (χ4v) is 2.24. The number of nitrogens with zero attached hydrogens (tertiary/aromatic N) is 2. The molecule has 2 aromatic rings.